The number of halogens is 3. The fourth-order valence-electron chi connectivity index (χ4n) is 0.870. The van der Waals surface area contributed by atoms with Gasteiger partial charge in [-0.2, -0.15) is 13.2 Å². The molecule has 3 N–H and O–H groups in total. The summed E-state index contributed by atoms with van der Waals surface area (Å²) in [6.45, 7) is 0.459. The molecule has 0 fully saturated rings. The summed E-state index contributed by atoms with van der Waals surface area (Å²) in [5.74, 6) is 0.284. The monoisotopic (exact) mass is 209 g/mol. The maximum Gasteiger partial charge on any atom is 0.401 e. The fourth-order valence-corrected chi connectivity index (χ4v) is 0.870. The van der Waals surface area contributed by atoms with E-state index in [-0.39, 0.29) is 11.8 Å². The van der Waals surface area contributed by atoms with Gasteiger partial charge >= 0.3 is 6.18 Å². The molecule has 0 spiro atoms. The molecule has 1 heterocycles. The second-order valence-corrected chi connectivity index (χ2v) is 2.82. The van der Waals surface area contributed by atoms with Crippen molar-refractivity contribution < 1.29 is 17.6 Å². The lowest BCUT2D eigenvalue weighted by Gasteiger charge is -2.12. The third-order valence-corrected chi connectivity index (χ3v) is 1.58. The van der Waals surface area contributed by atoms with E-state index >= 15 is 0 Å². The van der Waals surface area contributed by atoms with Crippen LogP contribution in [0.3, 0.4) is 0 Å². The molecule has 1 aromatic heterocycles. The molecule has 0 radical (unpaired) electrons. The van der Waals surface area contributed by atoms with Gasteiger partial charge in [-0.3, -0.25) is 5.32 Å². The van der Waals surface area contributed by atoms with Crippen molar-refractivity contribution in [3.63, 3.8) is 0 Å². The number of rotatable bonds is 3. The number of aromatic nitrogens is 1. The van der Waals surface area contributed by atoms with Gasteiger partial charge in [-0.05, 0) is 6.92 Å². The average Bonchev–Trinajstić information content (AvgIpc) is 2.46. The third kappa shape index (κ3) is 3.25. The van der Waals surface area contributed by atoms with E-state index in [9.17, 15) is 13.2 Å². The maximum atomic E-state index is 11.8. The van der Waals surface area contributed by atoms with Crippen LogP contribution >= 0.6 is 0 Å². The molecule has 0 saturated heterocycles. The highest BCUT2D eigenvalue weighted by atomic mass is 19.4. The first-order valence-corrected chi connectivity index (χ1v) is 3.90. The van der Waals surface area contributed by atoms with Gasteiger partial charge in [0.25, 0.3) is 6.01 Å². The first-order chi connectivity index (χ1) is 6.38. The number of nitrogens with zero attached hydrogens (tertiary/aromatic N) is 1. The first-order valence-electron chi connectivity index (χ1n) is 3.90. The molecule has 0 bridgehead atoms. The molecular formula is C7H10F3N3O. The van der Waals surface area contributed by atoms with Crippen molar-refractivity contribution in [1.29, 1.82) is 0 Å². The molecule has 1 aromatic rings. The number of nitrogens with one attached hydrogen (secondary N) is 1. The molecule has 80 valence electrons. The Labute approximate surface area is 78.3 Å². The third-order valence-electron chi connectivity index (χ3n) is 1.58. The minimum absolute atomic E-state index is 0.0549. The summed E-state index contributed by atoms with van der Waals surface area (Å²) in [7, 11) is 0. The van der Waals surface area contributed by atoms with E-state index in [0.717, 1.165) is 0 Å². The summed E-state index contributed by atoms with van der Waals surface area (Å²) in [5, 5.41) is 2.24. The topological polar surface area (TPSA) is 64.1 Å². The van der Waals surface area contributed by atoms with E-state index < -0.39 is 18.8 Å². The Morgan fingerprint density at radius 1 is 1.64 bits per heavy atom. The molecule has 1 unspecified atom stereocenters. The Morgan fingerprint density at radius 3 is 2.71 bits per heavy atom. The van der Waals surface area contributed by atoms with Gasteiger partial charge in [0.2, 0.25) is 0 Å². The quantitative estimate of drug-likeness (QED) is 0.791. The molecule has 1 atom stereocenters. The SMILES string of the molecule is CC(NCC(F)(F)F)c1cnc(N)o1. The molecule has 4 nitrogen and oxygen atoms in total. The van der Waals surface area contributed by atoms with E-state index in [1.54, 1.807) is 0 Å². The van der Waals surface area contributed by atoms with Crippen molar-refractivity contribution in [3.05, 3.63) is 12.0 Å². The lowest BCUT2D eigenvalue weighted by atomic mass is 10.3. The predicted molar refractivity (Wildman–Crippen MR) is 43.4 cm³/mol. The smallest absolute Gasteiger partial charge is 0.401 e. The highest BCUT2D eigenvalue weighted by molar-refractivity contribution is 5.12. The second-order valence-electron chi connectivity index (χ2n) is 2.82. The van der Waals surface area contributed by atoms with Crippen LogP contribution in [-0.4, -0.2) is 17.7 Å². The Bertz CT molecular complexity index is 297. The number of nitrogen functional groups attached to an aromatic ring is 1. The largest absolute Gasteiger partial charge is 0.427 e. The summed E-state index contributed by atoms with van der Waals surface area (Å²) in [6.07, 6.45) is -2.94. The van der Waals surface area contributed by atoms with Crippen LogP contribution in [-0.2, 0) is 0 Å². The number of anilines is 1. The minimum atomic E-state index is -4.24. The van der Waals surface area contributed by atoms with Crippen molar-refractivity contribution in [2.45, 2.75) is 19.1 Å². The van der Waals surface area contributed by atoms with Gasteiger partial charge in [0.15, 0.2) is 0 Å². The number of oxazole rings is 1. The van der Waals surface area contributed by atoms with Gasteiger partial charge in [0.1, 0.15) is 5.76 Å². The maximum absolute atomic E-state index is 11.8. The van der Waals surface area contributed by atoms with Gasteiger partial charge < -0.3 is 10.2 Å². The van der Waals surface area contributed by atoms with Crippen molar-refractivity contribution in [2.24, 2.45) is 0 Å². The molecule has 0 aliphatic rings. The minimum Gasteiger partial charge on any atom is -0.427 e. The first kappa shape index (κ1) is 10.8. The van der Waals surface area contributed by atoms with E-state index in [4.69, 9.17) is 10.2 Å². The van der Waals surface area contributed by atoms with Crippen LogP contribution in [0.5, 0.6) is 0 Å². The van der Waals surface area contributed by atoms with Crippen LogP contribution in [0.25, 0.3) is 0 Å². The predicted octanol–water partition coefficient (Wildman–Crippen LogP) is 1.47. The molecule has 0 aliphatic heterocycles. The Kier molecular flexibility index (Phi) is 3.00. The van der Waals surface area contributed by atoms with Crippen LogP contribution in [0.15, 0.2) is 10.6 Å². The molecule has 14 heavy (non-hydrogen) atoms. The van der Waals surface area contributed by atoms with Crippen LogP contribution in [0.1, 0.15) is 18.7 Å². The van der Waals surface area contributed by atoms with E-state index in [1.165, 1.54) is 13.1 Å². The van der Waals surface area contributed by atoms with Crippen molar-refractivity contribution in [1.82, 2.24) is 10.3 Å². The zero-order valence-corrected chi connectivity index (χ0v) is 7.43. The van der Waals surface area contributed by atoms with Crippen LogP contribution in [0.4, 0.5) is 19.2 Å². The Hall–Kier alpha value is -1.24. The fraction of sp³-hybridized carbons (Fsp3) is 0.571. The Morgan fingerprint density at radius 2 is 2.29 bits per heavy atom. The summed E-state index contributed by atoms with van der Waals surface area (Å²) in [6, 6.07) is -0.623. The normalized spacial score (nSPS) is 14.3. The zero-order valence-electron chi connectivity index (χ0n) is 7.43. The van der Waals surface area contributed by atoms with Crippen molar-refractivity contribution >= 4 is 6.01 Å². The standard InChI is InChI=1S/C7H10F3N3O/c1-4(13-3-7(8,9)10)5-2-12-6(11)14-5/h2,4,13H,3H2,1H3,(H2,11,12). The Balaban J connectivity index is 2.47. The van der Waals surface area contributed by atoms with Crippen LogP contribution < -0.4 is 11.1 Å². The zero-order chi connectivity index (χ0) is 10.8. The number of nitrogens with two attached hydrogens (primary N) is 1. The van der Waals surface area contributed by atoms with Gasteiger partial charge in [-0.25, -0.2) is 4.98 Å². The summed E-state index contributed by atoms with van der Waals surface area (Å²) < 4.78 is 40.3. The number of alkyl halides is 3. The van der Waals surface area contributed by atoms with Crippen molar-refractivity contribution in [3.8, 4) is 0 Å². The second kappa shape index (κ2) is 3.87. The highest BCUT2D eigenvalue weighted by Gasteiger charge is 2.28. The molecule has 0 saturated carbocycles. The molecule has 0 aliphatic carbocycles. The average molecular weight is 209 g/mol. The summed E-state index contributed by atoms with van der Waals surface area (Å²) in [5.41, 5.74) is 5.17. The number of hydrogen-bond donors (Lipinski definition) is 2. The highest BCUT2D eigenvalue weighted by Crippen LogP contribution is 2.18. The van der Waals surface area contributed by atoms with E-state index in [0.29, 0.717) is 0 Å². The van der Waals surface area contributed by atoms with Gasteiger partial charge in [-0.15, -0.1) is 0 Å². The van der Waals surface area contributed by atoms with Crippen LogP contribution in [0.2, 0.25) is 0 Å². The van der Waals surface area contributed by atoms with Crippen molar-refractivity contribution in [2.75, 3.05) is 12.3 Å². The summed E-state index contributed by atoms with van der Waals surface area (Å²) in [4.78, 5) is 3.57. The van der Waals surface area contributed by atoms with Gasteiger partial charge in [0.05, 0.1) is 18.8 Å². The number of hydrogen-bond acceptors (Lipinski definition) is 4. The van der Waals surface area contributed by atoms with E-state index in [2.05, 4.69) is 10.3 Å². The molecule has 0 amide bonds. The molecular weight excluding hydrogens is 199 g/mol. The lowest BCUT2D eigenvalue weighted by Crippen LogP contribution is -2.30. The molecule has 0 aromatic carbocycles. The molecule has 1 rings (SSSR count). The van der Waals surface area contributed by atoms with Crippen LogP contribution in [0, 0.1) is 0 Å². The summed E-state index contributed by atoms with van der Waals surface area (Å²) >= 11 is 0. The van der Waals surface area contributed by atoms with Gasteiger partial charge in [-0.1, -0.05) is 0 Å². The lowest BCUT2D eigenvalue weighted by molar-refractivity contribution is -0.126. The van der Waals surface area contributed by atoms with Gasteiger partial charge in [0, 0.05) is 0 Å². The van der Waals surface area contributed by atoms with E-state index in [1.807, 2.05) is 0 Å². The molecule has 7 heteroatoms.